The van der Waals surface area contributed by atoms with E-state index in [1.165, 1.54) is 0 Å². The molecule has 0 N–H and O–H groups in total. The van der Waals surface area contributed by atoms with Gasteiger partial charge in [-0.1, -0.05) is 0 Å². The summed E-state index contributed by atoms with van der Waals surface area (Å²) in [6.45, 7) is 4.47. The van der Waals surface area contributed by atoms with Gasteiger partial charge in [0.15, 0.2) is 5.89 Å². The molecule has 0 atom stereocenters. The first-order chi connectivity index (χ1) is 7.69. The van der Waals surface area contributed by atoms with Crippen LogP contribution < -0.4 is 0 Å². The molecule has 90 valence electrons. The van der Waals surface area contributed by atoms with Crippen molar-refractivity contribution in [1.29, 1.82) is 0 Å². The summed E-state index contributed by atoms with van der Waals surface area (Å²) in [4.78, 5) is 15.6. The van der Waals surface area contributed by atoms with Crippen LogP contribution in [-0.4, -0.2) is 31.3 Å². The van der Waals surface area contributed by atoms with Gasteiger partial charge in [-0.2, -0.15) is 0 Å². The first-order valence-corrected chi connectivity index (χ1v) is 5.31. The molecule has 1 rings (SSSR count). The lowest BCUT2D eigenvalue weighted by molar-refractivity contribution is 0.0486. The lowest BCUT2D eigenvalue weighted by Crippen LogP contribution is -2.04. The third-order valence-corrected chi connectivity index (χ3v) is 2.04. The lowest BCUT2D eigenvalue weighted by Gasteiger charge is -1.97. The summed E-state index contributed by atoms with van der Waals surface area (Å²) in [5.74, 6) is 0.303. The molecule has 0 aromatic carbocycles. The van der Waals surface area contributed by atoms with E-state index in [0.717, 1.165) is 6.42 Å². The van der Waals surface area contributed by atoms with Gasteiger partial charge in [-0.05, 0) is 20.3 Å². The van der Waals surface area contributed by atoms with Gasteiger partial charge in [-0.15, -0.1) is 0 Å². The largest absolute Gasteiger partial charge is 0.460 e. The van der Waals surface area contributed by atoms with Crippen LogP contribution >= 0.6 is 0 Å². The number of methoxy groups -OCH3 is 1. The van der Waals surface area contributed by atoms with E-state index in [1.807, 2.05) is 0 Å². The minimum Gasteiger partial charge on any atom is -0.460 e. The molecule has 0 aliphatic rings. The Hall–Kier alpha value is -1.36. The molecule has 0 bridgehead atoms. The number of nitrogens with zero attached hydrogens (tertiary/aromatic N) is 1. The lowest BCUT2D eigenvalue weighted by atomic mass is 10.3. The average molecular weight is 227 g/mol. The summed E-state index contributed by atoms with van der Waals surface area (Å²) in [5, 5.41) is 0. The van der Waals surface area contributed by atoms with Crippen molar-refractivity contribution in [3.8, 4) is 0 Å². The maximum absolute atomic E-state index is 11.4. The number of oxazole rings is 1. The van der Waals surface area contributed by atoms with E-state index in [9.17, 15) is 4.79 Å². The molecule has 0 spiro atoms. The van der Waals surface area contributed by atoms with Crippen LogP contribution in [0.4, 0.5) is 0 Å². The Kier molecular flexibility index (Phi) is 4.98. The maximum atomic E-state index is 11.4. The molecule has 5 heteroatoms. The van der Waals surface area contributed by atoms with Gasteiger partial charge in [0, 0.05) is 20.1 Å². The van der Waals surface area contributed by atoms with Crippen LogP contribution in [0.5, 0.6) is 0 Å². The number of esters is 1. The second-order valence-corrected chi connectivity index (χ2v) is 3.34. The Morgan fingerprint density at radius 2 is 2.25 bits per heavy atom. The van der Waals surface area contributed by atoms with Crippen LogP contribution in [0.15, 0.2) is 4.42 Å². The number of hydrogen-bond acceptors (Lipinski definition) is 5. The molecule has 1 heterocycles. The normalized spacial score (nSPS) is 10.4. The zero-order valence-electron chi connectivity index (χ0n) is 9.91. The average Bonchev–Trinajstić information content (AvgIpc) is 2.61. The van der Waals surface area contributed by atoms with Gasteiger partial charge >= 0.3 is 5.97 Å². The van der Waals surface area contributed by atoms with Gasteiger partial charge in [-0.25, -0.2) is 9.78 Å². The standard InChI is InChI=1S/C11H17NO4/c1-4-15-11(13)10-8(2)12-9(16-10)6-5-7-14-3/h4-7H2,1-3H3. The van der Waals surface area contributed by atoms with Gasteiger partial charge in [0.1, 0.15) is 0 Å². The molecule has 0 amide bonds. The number of hydrogen-bond donors (Lipinski definition) is 0. The molecule has 0 aliphatic carbocycles. The number of aryl methyl sites for hydroxylation is 2. The van der Waals surface area contributed by atoms with Gasteiger partial charge in [-0.3, -0.25) is 0 Å². The fourth-order valence-corrected chi connectivity index (χ4v) is 1.31. The number of carbonyl (C=O) groups is 1. The van der Waals surface area contributed by atoms with Crippen LogP contribution in [0.3, 0.4) is 0 Å². The van der Waals surface area contributed by atoms with Crippen molar-refractivity contribution in [2.24, 2.45) is 0 Å². The Balaban J connectivity index is 2.62. The second-order valence-electron chi connectivity index (χ2n) is 3.34. The molecular weight excluding hydrogens is 210 g/mol. The first kappa shape index (κ1) is 12.7. The maximum Gasteiger partial charge on any atom is 0.376 e. The third-order valence-electron chi connectivity index (χ3n) is 2.04. The van der Waals surface area contributed by atoms with Crippen molar-refractivity contribution >= 4 is 5.97 Å². The van der Waals surface area contributed by atoms with Crippen LogP contribution in [0.1, 0.15) is 35.5 Å². The molecule has 0 radical (unpaired) electrons. The SMILES string of the molecule is CCOC(=O)c1oc(CCCOC)nc1C. The highest BCUT2D eigenvalue weighted by atomic mass is 16.5. The molecule has 0 saturated heterocycles. The summed E-state index contributed by atoms with van der Waals surface area (Å²) in [5.41, 5.74) is 0.575. The fraction of sp³-hybridized carbons (Fsp3) is 0.636. The van der Waals surface area contributed by atoms with Crippen molar-refractivity contribution in [2.75, 3.05) is 20.3 Å². The first-order valence-electron chi connectivity index (χ1n) is 5.31. The second kappa shape index (κ2) is 6.27. The van der Waals surface area contributed by atoms with Crippen LogP contribution in [-0.2, 0) is 15.9 Å². The van der Waals surface area contributed by atoms with Gasteiger partial charge in [0.25, 0.3) is 0 Å². The van der Waals surface area contributed by atoms with E-state index in [2.05, 4.69) is 4.98 Å². The minimum atomic E-state index is -0.453. The number of aromatic nitrogens is 1. The predicted molar refractivity (Wildman–Crippen MR) is 57.4 cm³/mol. The van der Waals surface area contributed by atoms with E-state index < -0.39 is 5.97 Å². The summed E-state index contributed by atoms with van der Waals surface area (Å²) < 4.78 is 15.1. The van der Waals surface area contributed by atoms with E-state index in [0.29, 0.717) is 31.2 Å². The van der Waals surface area contributed by atoms with Crippen molar-refractivity contribution in [3.63, 3.8) is 0 Å². The fourth-order valence-electron chi connectivity index (χ4n) is 1.31. The van der Waals surface area contributed by atoms with Crippen molar-refractivity contribution in [2.45, 2.75) is 26.7 Å². The van der Waals surface area contributed by atoms with E-state index >= 15 is 0 Å². The molecule has 0 aliphatic heterocycles. The number of carbonyl (C=O) groups excluding carboxylic acids is 1. The molecule has 5 nitrogen and oxygen atoms in total. The number of ether oxygens (including phenoxy) is 2. The molecule has 16 heavy (non-hydrogen) atoms. The number of rotatable bonds is 6. The Labute approximate surface area is 94.8 Å². The van der Waals surface area contributed by atoms with Gasteiger partial charge < -0.3 is 13.9 Å². The quantitative estimate of drug-likeness (QED) is 0.547. The summed E-state index contributed by atoms with van der Waals surface area (Å²) in [6, 6.07) is 0. The zero-order chi connectivity index (χ0) is 12.0. The summed E-state index contributed by atoms with van der Waals surface area (Å²) in [6.07, 6.45) is 1.48. The van der Waals surface area contributed by atoms with Gasteiger partial charge in [0.05, 0.1) is 12.3 Å². The zero-order valence-corrected chi connectivity index (χ0v) is 9.91. The highest BCUT2D eigenvalue weighted by Gasteiger charge is 2.17. The molecule has 1 aromatic rings. The minimum absolute atomic E-state index is 0.203. The smallest absolute Gasteiger partial charge is 0.376 e. The molecule has 0 fully saturated rings. The Morgan fingerprint density at radius 3 is 2.88 bits per heavy atom. The van der Waals surface area contributed by atoms with Crippen molar-refractivity contribution in [3.05, 3.63) is 17.3 Å². The molecule has 0 unspecified atom stereocenters. The van der Waals surface area contributed by atoms with Crippen molar-refractivity contribution in [1.82, 2.24) is 4.98 Å². The topological polar surface area (TPSA) is 61.6 Å². The predicted octanol–water partition coefficient (Wildman–Crippen LogP) is 1.74. The van der Waals surface area contributed by atoms with Crippen LogP contribution in [0.2, 0.25) is 0 Å². The van der Waals surface area contributed by atoms with E-state index in [1.54, 1.807) is 21.0 Å². The van der Waals surface area contributed by atoms with Crippen LogP contribution in [0, 0.1) is 6.92 Å². The summed E-state index contributed by atoms with van der Waals surface area (Å²) >= 11 is 0. The van der Waals surface area contributed by atoms with Gasteiger partial charge in [0.2, 0.25) is 5.76 Å². The highest BCUT2D eigenvalue weighted by Crippen LogP contribution is 2.13. The third kappa shape index (κ3) is 3.34. The molecule has 1 aromatic heterocycles. The van der Waals surface area contributed by atoms with Crippen molar-refractivity contribution < 1.29 is 18.7 Å². The molecule has 0 saturated carbocycles. The van der Waals surface area contributed by atoms with Crippen LogP contribution in [0.25, 0.3) is 0 Å². The monoisotopic (exact) mass is 227 g/mol. The Morgan fingerprint density at radius 1 is 1.50 bits per heavy atom. The van der Waals surface area contributed by atoms with E-state index in [4.69, 9.17) is 13.9 Å². The summed E-state index contributed by atoms with van der Waals surface area (Å²) in [7, 11) is 1.64. The Bertz CT molecular complexity index is 346. The molecular formula is C11H17NO4. The highest BCUT2D eigenvalue weighted by molar-refractivity contribution is 5.87. The van der Waals surface area contributed by atoms with E-state index in [-0.39, 0.29) is 5.76 Å².